The Morgan fingerprint density at radius 1 is 1.23 bits per heavy atom. The van der Waals surface area contributed by atoms with Crippen molar-refractivity contribution in [3.63, 3.8) is 0 Å². The summed E-state index contributed by atoms with van der Waals surface area (Å²) >= 11 is 0. The molecule has 6 nitrogen and oxygen atoms in total. The van der Waals surface area contributed by atoms with Crippen molar-refractivity contribution in [2.45, 2.75) is 33.7 Å². The summed E-state index contributed by atoms with van der Waals surface area (Å²) in [6.07, 6.45) is 0.231. The number of imide groups is 1. The molecule has 1 fully saturated rings. The molecule has 1 aromatic rings. The van der Waals surface area contributed by atoms with Crippen molar-refractivity contribution in [2.24, 2.45) is 0 Å². The van der Waals surface area contributed by atoms with Crippen molar-refractivity contribution < 1.29 is 14.4 Å². The molecular weight excluding hydrogens is 282 g/mol. The predicted molar refractivity (Wildman–Crippen MR) is 82.2 cm³/mol. The summed E-state index contributed by atoms with van der Waals surface area (Å²) < 4.78 is 0. The van der Waals surface area contributed by atoms with Gasteiger partial charge in [0.05, 0.1) is 0 Å². The molecule has 0 saturated carbocycles. The topological polar surface area (TPSA) is 78.5 Å². The lowest BCUT2D eigenvalue weighted by Crippen LogP contribution is -2.52. The maximum absolute atomic E-state index is 12.0. The molecule has 1 aromatic carbocycles. The zero-order valence-corrected chi connectivity index (χ0v) is 13.2. The van der Waals surface area contributed by atoms with E-state index in [1.54, 1.807) is 0 Å². The van der Waals surface area contributed by atoms with Gasteiger partial charge in [0.2, 0.25) is 11.8 Å². The first-order valence-electron chi connectivity index (χ1n) is 7.29. The highest BCUT2D eigenvalue weighted by Gasteiger charge is 2.24. The number of nitrogens with one attached hydrogen (secondary N) is 2. The lowest BCUT2D eigenvalue weighted by molar-refractivity contribution is -0.125. The molecule has 22 heavy (non-hydrogen) atoms. The van der Waals surface area contributed by atoms with Gasteiger partial charge in [0, 0.05) is 19.5 Å². The quantitative estimate of drug-likeness (QED) is 0.876. The Morgan fingerprint density at radius 3 is 2.45 bits per heavy atom. The van der Waals surface area contributed by atoms with Gasteiger partial charge in [0.1, 0.15) is 6.54 Å². The molecule has 0 bridgehead atoms. The van der Waals surface area contributed by atoms with E-state index in [0.29, 0.717) is 6.54 Å². The van der Waals surface area contributed by atoms with Crippen LogP contribution in [0.3, 0.4) is 0 Å². The maximum atomic E-state index is 12.0. The fourth-order valence-electron chi connectivity index (χ4n) is 2.65. The monoisotopic (exact) mass is 303 g/mol. The molecule has 1 aliphatic heterocycles. The number of carbonyl (C=O) groups is 3. The predicted octanol–water partition coefficient (Wildman–Crippen LogP) is 1.17. The van der Waals surface area contributed by atoms with Crippen molar-refractivity contribution >= 4 is 17.8 Å². The van der Waals surface area contributed by atoms with E-state index in [2.05, 4.69) is 22.8 Å². The van der Waals surface area contributed by atoms with Gasteiger partial charge in [-0.05, 0) is 37.5 Å². The van der Waals surface area contributed by atoms with Crippen LogP contribution in [0.25, 0.3) is 0 Å². The standard InChI is InChI=1S/C16H21N3O3/c1-10-6-11(2)13(12(3)7-10)8-17-15(21)9-19-5-4-14(20)18-16(19)22/h6-7H,4-5,8-9H2,1-3H3,(H,17,21)(H,18,20,22). The molecule has 4 amide bonds. The minimum atomic E-state index is -0.505. The summed E-state index contributed by atoms with van der Waals surface area (Å²) in [4.78, 5) is 36.0. The summed E-state index contributed by atoms with van der Waals surface area (Å²) in [5.74, 6) is -0.531. The van der Waals surface area contributed by atoms with E-state index < -0.39 is 6.03 Å². The number of hydrogen-bond acceptors (Lipinski definition) is 3. The molecule has 2 rings (SSSR count). The van der Waals surface area contributed by atoms with Crippen molar-refractivity contribution in [2.75, 3.05) is 13.1 Å². The fourth-order valence-corrected chi connectivity index (χ4v) is 2.65. The third-order valence-electron chi connectivity index (χ3n) is 3.78. The molecule has 0 radical (unpaired) electrons. The number of aryl methyl sites for hydroxylation is 3. The van der Waals surface area contributed by atoms with E-state index in [1.165, 1.54) is 10.5 Å². The summed E-state index contributed by atoms with van der Waals surface area (Å²) in [5.41, 5.74) is 4.56. The van der Waals surface area contributed by atoms with Gasteiger partial charge in [0.25, 0.3) is 0 Å². The van der Waals surface area contributed by atoms with E-state index >= 15 is 0 Å². The Bertz CT molecular complexity index is 602. The Hall–Kier alpha value is -2.37. The van der Waals surface area contributed by atoms with Crippen LogP contribution in [0.15, 0.2) is 12.1 Å². The maximum Gasteiger partial charge on any atom is 0.324 e. The highest BCUT2D eigenvalue weighted by atomic mass is 16.2. The summed E-state index contributed by atoms with van der Waals surface area (Å²) in [6, 6.07) is 3.66. The number of rotatable bonds is 4. The second-order valence-corrected chi connectivity index (χ2v) is 5.68. The van der Waals surface area contributed by atoms with Crippen LogP contribution in [0.5, 0.6) is 0 Å². The van der Waals surface area contributed by atoms with E-state index in [9.17, 15) is 14.4 Å². The normalized spacial score (nSPS) is 14.8. The first kappa shape index (κ1) is 16.0. The molecule has 1 heterocycles. The number of hydrogen-bond donors (Lipinski definition) is 2. The molecule has 118 valence electrons. The Kier molecular flexibility index (Phi) is 4.80. The number of carbonyl (C=O) groups excluding carboxylic acids is 3. The van der Waals surface area contributed by atoms with Crippen LogP contribution in [0.2, 0.25) is 0 Å². The molecular formula is C16H21N3O3. The van der Waals surface area contributed by atoms with Crippen molar-refractivity contribution in [1.82, 2.24) is 15.5 Å². The fraction of sp³-hybridized carbons (Fsp3) is 0.438. The van der Waals surface area contributed by atoms with E-state index in [1.807, 2.05) is 20.8 Å². The number of nitrogens with zero attached hydrogens (tertiary/aromatic N) is 1. The Morgan fingerprint density at radius 2 is 1.86 bits per heavy atom. The van der Waals surface area contributed by atoms with E-state index in [4.69, 9.17) is 0 Å². The van der Waals surface area contributed by atoms with Gasteiger partial charge in [-0.1, -0.05) is 17.7 Å². The van der Waals surface area contributed by atoms with Crippen LogP contribution in [-0.2, 0) is 16.1 Å². The van der Waals surface area contributed by atoms with Crippen molar-refractivity contribution in [3.05, 3.63) is 34.4 Å². The highest BCUT2D eigenvalue weighted by molar-refractivity contribution is 5.98. The second-order valence-electron chi connectivity index (χ2n) is 5.68. The second kappa shape index (κ2) is 6.60. The van der Waals surface area contributed by atoms with Gasteiger partial charge in [0.15, 0.2) is 0 Å². The van der Waals surface area contributed by atoms with Gasteiger partial charge >= 0.3 is 6.03 Å². The molecule has 2 N–H and O–H groups in total. The average Bonchev–Trinajstić information content (AvgIpc) is 2.40. The Balaban J connectivity index is 1.91. The SMILES string of the molecule is Cc1cc(C)c(CNC(=O)CN2CCC(=O)NC2=O)c(C)c1. The van der Waals surface area contributed by atoms with Crippen LogP contribution < -0.4 is 10.6 Å². The van der Waals surface area contributed by atoms with Crippen LogP contribution in [-0.4, -0.2) is 35.8 Å². The molecule has 0 unspecified atom stereocenters. The first-order valence-corrected chi connectivity index (χ1v) is 7.29. The lowest BCUT2D eigenvalue weighted by atomic mass is 10.00. The highest BCUT2D eigenvalue weighted by Crippen LogP contribution is 2.16. The number of benzene rings is 1. The zero-order chi connectivity index (χ0) is 16.3. The first-order chi connectivity index (χ1) is 10.4. The summed E-state index contributed by atoms with van der Waals surface area (Å²) in [6.45, 7) is 6.75. The summed E-state index contributed by atoms with van der Waals surface area (Å²) in [5, 5.41) is 5.03. The smallest absolute Gasteiger partial charge is 0.324 e. The van der Waals surface area contributed by atoms with Crippen LogP contribution in [0.1, 0.15) is 28.7 Å². The molecule has 1 saturated heterocycles. The van der Waals surface area contributed by atoms with Crippen LogP contribution in [0.4, 0.5) is 4.79 Å². The number of amides is 4. The van der Waals surface area contributed by atoms with E-state index in [0.717, 1.165) is 16.7 Å². The van der Waals surface area contributed by atoms with E-state index in [-0.39, 0.29) is 31.3 Å². The molecule has 0 aromatic heterocycles. The van der Waals surface area contributed by atoms with Crippen LogP contribution >= 0.6 is 0 Å². The van der Waals surface area contributed by atoms with Crippen molar-refractivity contribution in [3.8, 4) is 0 Å². The minimum absolute atomic E-state index is 0.0386. The summed E-state index contributed by atoms with van der Waals surface area (Å²) in [7, 11) is 0. The largest absolute Gasteiger partial charge is 0.350 e. The van der Waals surface area contributed by atoms with Gasteiger partial charge in [-0.25, -0.2) is 4.79 Å². The third-order valence-corrected chi connectivity index (χ3v) is 3.78. The van der Waals surface area contributed by atoms with Gasteiger partial charge in [-0.2, -0.15) is 0 Å². The molecule has 6 heteroatoms. The molecule has 1 aliphatic rings. The van der Waals surface area contributed by atoms with Crippen molar-refractivity contribution in [1.29, 1.82) is 0 Å². The molecule has 0 atom stereocenters. The zero-order valence-electron chi connectivity index (χ0n) is 13.2. The Labute approximate surface area is 129 Å². The molecule has 0 spiro atoms. The van der Waals surface area contributed by atoms with Gasteiger partial charge in [-0.15, -0.1) is 0 Å². The van der Waals surface area contributed by atoms with Crippen LogP contribution in [0, 0.1) is 20.8 Å². The lowest BCUT2D eigenvalue weighted by Gasteiger charge is -2.25. The van der Waals surface area contributed by atoms with Gasteiger partial charge < -0.3 is 10.2 Å². The number of urea groups is 1. The molecule has 0 aliphatic carbocycles. The third kappa shape index (κ3) is 3.84. The minimum Gasteiger partial charge on any atom is -0.350 e. The average molecular weight is 303 g/mol. The van der Waals surface area contributed by atoms with Gasteiger partial charge in [-0.3, -0.25) is 14.9 Å².